The van der Waals surface area contributed by atoms with Crippen molar-refractivity contribution in [1.82, 2.24) is 0 Å². The van der Waals surface area contributed by atoms with E-state index in [1.165, 1.54) is 0 Å². The van der Waals surface area contributed by atoms with Crippen LogP contribution in [-0.4, -0.2) is 64.4 Å². The Bertz CT molecular complexity index is 1220. The van der Waals surface area contributed by atoms with E-state index in [4.69, 9.17) is 10.2 Å². The number of phenols is 3. The number of aliphatic hydroxyl groups excluding tert-OH is 3. The van der Waals surface area contributed by atoms with Gasteiger partial charge in [-0.05, 0) is 0 Å². The predicted octanol–water partition coefficient (Wildman–Crippen LogP) is 0.571. The lowest BCUT2D eigenvalue weighted by Crippen LogP contribution is -2.27. The number of phenolic OH excluding ortho intramolecular Hbond substituents is 1. The van der Waals surface area contributed by atoms with E-state index in [1.54, 1.807) is 0 Å². The van der Waals surface area contributed by atoms with Gasteiger partial charge in [0.2, 0.25) is 11.6 Å². The number of ketones is 2. The minimum absolute atomic E-state index is 0.391. The van der Waals surface area contributed by atoms with Gasteiger partial charge in [0.05, 0.1) is 22.3 Å². The van der Waals surface area contributed by atoms with Crippen LogP contribution in [0.4, 0.5) is 0 Å². The molecule has 0 radical (unpaired) electrons. The molecule has 2 aliphatic carbocycles. The maximum absolute atomic E-state index is 12.6. The van der Waals surface area contributed by atoms with E-state index in [0.29, 0.717) is 12.1 Å². The Morgan fingerprint density at radius 1 is 0.733 bits per heavy atom. The number of aliphatic hydroxyl groups is 3. The second-order valence-electron chi connectivity index (χ2n) is 6.04. The first-order valence-electron chi connectivity index (χ1n) is 7.76. The summed E-state index contributed by atoms with van der Waals surface area (Å²) in [5, 5.41) is 77.9. The summed E-state index contributed by atoms with van der Waals surface area (Å²) < 4.78 is 0. The number of carbonyl (C=O) groups excluding carboxylic acids is 2. The van der Waals surface area contributed by atoms with E-state index >= 15 is 0 Å². The number of aromatic carboxylic acids is 1. The first-order valence-corrected chi connectivity index (χ1v) is 7.76. The van der Waals surface area contributed by atoms with Gasteiger partial charge in [0, 0.05) is 12.1 Å². The number of carboxylic acids is 2. The SMILES string of the molecule is O=C(O)C1=C(O)/C(=C2/C(=O)C(c3c(O)cc(O)c(C(=O)O)c3O)=C2O)C(O)=CC1=O. The molecular formula is C18H10O12. The first kappa shape index (κ1) is 20.0. The van der Waals surface area contributed by atoms with Crippen LogP contribution in [0.2, 0.25) is 0 Å². The number of rotatable bonds is 3. The summed E-state index contributed by atoms with van der Waals surface area (Å²) >= 11 is 0. The largest absolute Gasteiger partial charge is 0.507 e. The highest BCUT2D eigenvalue weighted by Crippen LogP contribution is 2.49. The second-order valence-corrected chi connectivity index (χ2v) is 6.04. The summed E-state index contributed by atoms with van der Waals surface area (Å²) in [6.07, 6.45) is 0.391. The average molecular weight is 418 g/mol. The van der Waals surface area contributed by atoms with Crippen LogP contribution in [0.25, 0.3) is 5.57 Å². The molecular weight excluding hydrogens is 408 g/mol. The molecule has 1 aromatic carbocycles. The zero-order valence-corrected chi connectivity index (χ0v) is 14.4. The number of allylic oxidation sites excluding steroid dienone is 3. The van der Waals surface area contributed by atoms with Gasteiger partial charge >= 0.3 is 11.9 Å². The van der Waals surface area contributed by atoms with Crippen molar-refractivity contribution in [3.05, 3.63) is 57.3 Å². The van der Waals surface area contributed by atoms with Gasteiger partial charge in [0.25, 0.3) is 0 Å². The molecule has 12 nitrogen and oxygen atoms in total. The molecule has 154 valence electrons. The number of carboxylic acid groups (broad SMARTS) is 2. The number of aromatic hydroxyl groups is 3. The zero-order chi connectivity index (χ0) is 22.7. The summed E-state index contributed by atoms with van der Waals surface area (Å²) in [7, 11) is 0. The lowest BCUT2D eigenvalue weighted by Gasteiger charge is -2.26. The molecule has 0 spiro atoms. The van der Waals surface area contributed by atoms with E-state index in [9.17, 15) is 49.8 Å². The summed E-state index contributed by atoms with van der Waals surface area (Å²) in [6.45, 7) is 0. The number of Topliss-reactive ketones (excluding diaryl/α,β-unsaturated/α-hetero) is 1. The Hall–Kier alpha value is -4.74. The first-order chi connectivity index (χ1) is 13.9. The monoisotopic (exact) mass is 418 g/mol. The average Bonchev–Trinajstić information content (AvgIpc) is 2.60. The molecule has 8 N–H and O–H groups in total. The molecule has 0 atom stereocenters. The van der Waals surface area contributed by atoms with Crippen LogP contribution in [0.15, 0.2) is 46.1 Å². The van der Waals surface area contributed by atoms with Gasteiger partial charge in [-0.3, -0.25) is 9.59 Å². The standard InChI is InChI=1S/C18H10O12/c19-3-1-5(21)9(17(27)28)13(23)7(3)11-15(25)12(16(11)26)8-4(20)2-6(22)10(14(8)24)18(29)30/h1-2,19-21,23-25H,(H,27,28)(H,29,30)/b12-8+. The van der Waals surface area contributed by atoms with Crippen molar-refractivity contribution in [2.45, 2.75) is 0 Å². The Labute approximate surface area is 164 Å². The van der Waals surface area contributed by atoms with E-state index < -0.39 is 91.5 Å². The zero-order valence-electron chi connectivity index (χ0n) is 14.4. The molecule has 0 saturated heterocycles. The minimum Gasteiger partial charge on any atom is -0.507 e. The van der Waals surface area contributed by atoms with Crippen molar-refractivity contribution in [1.29, 1.82) is 0 Å². The van der Waals surface area contributed by atoms with Crippen molar-refractivity contribution in [3.8, 4) is 17.2 Å². The highest BCUT2D eigenvalue weighted by atomic mass is 16.4. The fourth-order valence-electron chi connectivity index (χ4n) is 3.05. The van der Waals surface area contributed by atoms with Crippen LogP contribution >= 0.6 is 0 Å². The molecule has 0 heterocycles. The summed E-state index contributed by atoms with van der Waals surface area (Å²) in [6, 6.07) is 0.494. The van der Waals surface area contributed by atoms with Gasteiger partial charge in [-0.25, -0.2) is 9.59 Å². The summed E-state index contributed by atoms with van der Waals surface area (Å²) in [4.78, 5) is 46.6. The predicted molar refractivity (Wildman–Crippen MR) is 93.0 cm³/mol. The van der Waals surface area contributed by atoms with Gasteiger partial charge in [-0.1, -0.05) is 0 Å². The molecule has 1 aromatic rings. The molecule has 3 rings (SSSR count). The van der Waals surface area contributed by atoms with Crippen molar-refractivity contribution in [3.63, 3.8) is 0 Å². The molecule has 0 saturated carbocycles. The number of carbonyl (C=O) groups is 4. The molecule has 12 heteroatoms. The molecule has 0 bridgehead atoms. The Morgan fingerprint density at radius 3 is 1.83 bits per heavy atom. The lowest BCUT2D eigenvalue weighted by atomic mass is 9.77. The Kier molecular flexibility index (Phi) is 4.27. The van der Waals surface area contributed by atoms with Gasteiger partial charge in [-0.15, -0.1) is 0 Å². The topological polar surface area (TPSA) is 230 Å². The number of aliphatic carboxylic acids is 1. The maximum Gasteiger partial charge on any atom is 0.343 e. The third-order valence-corrected chi connectivity index (χ3v) is 4.36. The second kappa shape index (κ2) is 6.41. The van der Waals surface area contributed by atoms with E-state index in [2.05, 4.69) is 0 Å². The van der Waals surface area contributed by atoms with Crippen LogP contribution in [0, 0.1) is 0 Å². The number of benzene rings is 1. The molecule has 0 unspecified atom stereocenters. The third kappa shape index (κ3) is 2.55. The van der Waals surface area contributed by atoms with Gasteiger partial charge in [-0.2, -0.15) is 0 Å². The summed E-state index contributed by atoms with van der Waals surface area (Å²) in [5.74, 6) is -12.9. The van der Waals surface area contributed by atoms with E-state index in [0.717, 1.165) is 0 Å². The van der Waals surface area contributed by atoms with Gasteiger partial charge in [0.1, 0.15) is 45.7 Å². The smallest absolute Gasteiger partial charge is 0.343 e. The fraction of sp³-hybridized carbons (Fsp3) is 0. The normalized spacial score (nSPS) is 19.0. The minimum atomic E-state index is -1.88. The van der Waals surface area contributed by atoms with Crippen molar-refractivity contribution >= 4 is 29.1 Å². The van der Waals surface area contributed by atoms with Crippen LogP contribution in [0.5, 0.6) is 17.2 Å². The van der Waals surface area contributed by atoms with Crippen LogP contribution in [0.1, 0.15) is 15.9 Å². The fourth-order valence-corrected chi connectivity index (χ4v) is 3.05. The lowest BCUT2D eigenvalue weighted by molar-refractivity contribution is -0.134. The highest BCUT2D eigenvalue weighted by molar-refractivity contribution is 6.41. The Balaban J connectivity index is 2.32. The van der Waals surface area contributed by atoms with Gasteiger partial charge < -0.3 is 40.9 Å². The van der Waals surface area contributed by atoms with E-state index in [-0.39, 0.29) is 0 Å². The van der Waals surface area contributed by atoms with Crippen molar-refractivity contribution in [2.75, 3.05) is 0 Å². The van der Waals surface area contributed by atoms with Gasteiger partial charge in [0.15, 0.2) is 0 Å². The Morgan fingerprint density at radius 2 is 1.33 bits per heavy atom. The number of hydrogen-bond acceptors (Lipinski definition) is 10. The molecule has 0 fully saturated rings. The highest BCUT2D eigenvalue weighted by Gasteiger charge is 2.44. The molecule has 2 aliphatic rings. The number of hydrogen-bond donors (Lipinski definition) is 8. The van der Waals surface area contributed by atoms with Crippen LogP contribution < -0.4 is 0 Å². The van der Waals surface area contributed by atoms with Crippen LogP contribution in [-0.2, 0) is 14.4 Å². The molecule has 0 aliphatic heterocycles. The maximum atomic E-state index is 12.6. The molecule has 0 amide bonds. The summed E-state index contributed by atoms with van der Waals surface area (Å²) in [5.41, 5.74) is -5.73. The molecule has 30 heavy (non-hydrogen) atoms. The van der Waals surface area contributed by atoms with Crippen molar-refractivity contribution in [2.24, 2.45) is 0 Å². The van der Waals surface area contributed by atoms with E-state index in [1.807, 2.05) is 0 Å². The third-order valence-electron chi connectivity index (χ3n) is 4.36. The quantitative estimate of drug-likeness (QED) is 0.249. The van der Waals surface area contributed by atoms with Crippen LogP contribution in [0.3, 0.4) is 0 Å². The molecule has 0 aromatic heterocycles. The van der Waals surface area contributed by atoms with Crippen molar-refractivity contribution < 1.29 is 60.0 Å².